The van der Waals surface area contributed by atoms with Gasteiger partial charge in [-0.25, -0.2) is 0 Å². The molecule has 0 aliphatic heterocycles. The molecule has 1 fully saturated rings. The van der Waals surface area contributed by atoms with Crippen LogP contribution in [-0.4, -0.2) is 16.3 Å². The lowest BCUT2D eigenvalue weighted by atomic mass is 9.52. The van der Waals surface area contributed by atoms with Crippen LogP contribution in [0.25, 0.3) is 5.57 Å². The first-order valence-corrected chi connectivity index (χ1v) is 9.57. The first-order chi connectivity index (χ1) is 11.4. The van der Waals surface area contributed by atoms with Crippen LogP contribution in [0.2, 0.25) is 0 Å². The van der Waals surface area contributed by atoms with Crippen LogP contribution in [0.4, 0.5) is 0 Å². The van der Waals surface area contributed by atoms with Crippen molar-refractivity contribution in [2.24, 2.45) is 16.7 Å². The smallest absolute Gasteiger partial charge is 0.115 e. The normalized spacial score (nSPS) is 36.6. The molecule has 1 aromatic carbocycles. The highest BCUT2D eigenvalue weighted by Crippen LogP contribution is 2.64. The van der Waals surface area contributed by atoms with Gasteiger partial charge in [0.05, 0.1) is 6.10 Å². The van der Waals surface area contributed by atoms with Gasteiger partial charge in [-0.1, -0.05) is 46.3 Å². The van der Waals surface area contributed by atoms with Gasteiger partial charge in [-0.2, -0.15) is 0 Å². The number of benzene rings is 1. The molecule has 0 amide bonds. The lowest BCUT2D eigenvalue weighted by Gasteiger charge is -2.52. The molecule has 132 valence electrons. The topological polar surface area (TPSA) is 40.5 Å². The van der Waals surface area contributed by atoms with E-state index in [9.17, 15) is 10.2 Å². The molecule has 4 atom stereocenters. The highest BCUT2D eigenvalue weighted by molar-refractivity contribution is 5.76. The summed E-state index contributed by atoms with van der Waals surface area (Å²) in [5.41, 5.74) is 4.28. The number of hydrogen-bond acceptors (Lipinski definition) is 2. The van der Waals surface area contributed by atoms with Gasteiger partial charge < -0.3 is 10.2 Å². The van der Waals surface area contributed by atoms with Gasteiger partial charge in [-0.05, 0) is 72.3 Å². The third-order valence-electron chi connectivity index (χ3n) is 6.71. The van der Waals surface area contributed by atoms with E-state index in [0.717, 1.165) is 32.1 Å². The summed E-state index contributed by atoms with van der Waals surface area (Å²) in [7, 11) is 0. The van der Waals surface area contributed by atoms with Gasteiger partial charge in [0.15, 0.2) is 0 Å². The Balaban J connectivity index is 0.000000526. The fourth-order valence-electron chi connectivity index (χ4n) is 5.45. The number of allylic oxidation sites excluding steroid dienone is 2. The van der Waals surface area contributed by atoms with Gasteiger partial charge in [-0.3, -0.25) is 0 Å². The zero-order valence-electron chi connectivity index (χ0n) is 15.6. The van der Waals surface area contributed by atoms with E-state index >= 15 is 0 Å². The van der Waals surface area contributed by atoms with Crippen molar-refractivity contribution in [3.63, 3.8) is 0 Å². The Labute approximate surface area is 146 Å². The Morgan fingerprint density at radius 2 is 1.88 bits per heavy atom. The molecule has 0 saturated heterocycles. The van der Waals surface area contributed by atoms with Crippen LogP contribution in [-0.2, 0) is 6.42 Å². The van der Waals surface area contributed by atoms with E-state index < -0.39 is 0 Å². The van der Waals surface area contributed by atoms with Crippen LogP contribution in [0.15, 0.2) is 24.3 Å². The monoisotopic (exact) mass is 328 g/mol. The maximum absolute atomic E-state index is 10.5. The van der Waals surface area contributed by atoms with Gasteiger partial charge in [0.25, 0.3) is 0 Å². The molecule has 4 unspecified atom stereocenters. The van der Waals surface area contributed by atoms with Gasteiger partial charge >= 0.3 is 0 Å². The van der Waals surface area contributed by atoms with Crippen LogP contribution in [0.1, 0.15) is 70.9 Å². The fourth-order valence-corrected chi connectivity index (χ4v) is 5.45. The predicted octanol–water partition coefficient (Wildman–Crippen LogP) is 5.33. The minimum absolute atomic E-state index is 0.0483. The molecule has 24 heavy (non-hydrogen) atoms. The molecule has 2 heteroatoms. The number of aliphatic hydroxyl groups excluding tert-OH is 1. The van der Waals surface area contributed by atoms with E-state index in [-0.39, 0.29) is 16.9 Å². The number of fused-ring (bicyclic) bond motifs is 5. The Morgan fingerprint density at radius 3 is 2.58 bits per heavy atom. The molecule has 0 aromatic heterocycles. The predicted molar refractivity (Wildman–Crippen MR) is 99.9 cm³/mol. The molecule has 1 saturated carbocycles. The van der Waals surface area contributed by atoms with E-state index in [2.05, 4.69) is 39.8 Å². The summed E-state index contributed by atoms with van der Waals surface area (Å²) >= 11 is 0. The maximum atomic E-state index is 10.5. The van der Waals surface area contributed by atoms with Crippen LogP contribution in [0.5, 0.6) is 5.75 Å². The summed E-state index contributed by atoms with van der Waals surface area (Å²) in [6, 6.07) is 5.82. The summed E-state index contributed by atoms with van der Waals surface area (Å²) in [6.07, 6.45) is 8.68. The van der Waals surface area contributed by atoms with Crippen molar-refractivity contribution >= 4 is 5.57 Å². The highest BCUT2D eigenvalue weighted by Gasteiger charge is 2.57. The van der Waals surface area contributed by atoms with Crippen molar-refractivity contribution in [3.05, 3.63) is 35.4 Å². The summed E-state index contributed by atoms with van der Waals surface area (Å²) in [6.45, 7) is 8.93. The van der Waals surface area contributed by atoms with Crippen molar-refractivity contribution in [1.82, 2.24) is 0 Å². The Bertz CT molecular complexity index is 647. The van der Waals surface area contributed by atoms with Crippen LogP contribution < -0.4 is 0 Å². The van der Waals surface area contributed by atoms with Crippen molar-refractivity contribution in [2.75, 3.05) is 0 Å². The van der Waals surface area contributed by atoms with E-state index in [1.54, 1.807) is 0 Å². The molecule has 0 spiro atoms. The average molecular weight is 328 g/mol. The third kappa shape index (κ3) is 2.50. The first-order valence-electron chi connectivity index (χ1n) is 9.57. The van der Waals surface area contributed by atoms with E-state index in [1.165, 1.54) is 23.1 Å². The molecule has 3 aliphatic rings. The third-order valence-corrected chi connectivity index (χ3v) is 6.71. The average Bonchev–Trinajstić information content (AvgIpc) is 2.84. The maximum Gasteiger partial charge on any atom is 0.115 e. The summed E-state index contributed by atoms with van der Waals surface area (Å²) < 4.78 is 0. The molecule has 2 nitrogen and oxygen atoms in total. The minimum atomic E-state index is -0.154. The molecular weight excluding hydrogens is 296 g/mol. The van der Waals surface area contributed by atoms with E-state index in [1.807, 2.05) is 12.1 Å². The molecule has 0 bridgehead atoms. The molecule has 1 aromatic rings. The summed E-state index contributed by atoms with van der Waals surface area (Å²) in [4.78, 5) is 0. The molecule has 0 radical (unpaired) electrons. The molecule has 0 heterocycles. The van der Waals surface area contributed by atoms with Gasteiger partial charge in [-0.15, -0.1) is 0 Å². The van der Waals surface area contributed by atoms with Gasteiger partial charge in [0, 0.05) is 5.41 Å². The van der Waals surface area contributed by atoms with Gasteiger partial charge in [0.1, 0.15) is 5.75 Å². The Kier molecular flexibility index (Phi) is 4.55. The zero-order chi connectivity index (χ0) is 17.5. The molecule has 3 aliphatic carbocycles. The lowest BCUT2D eigenvalue weighted by Crippen LogP contribution is -2.45. The fraction of sp³-hybridized carbons (Fsp3) is 0.636. The second-order valence-electron chi connectivity index (χ2n) is 8.44. The number of phenolic OH excluding ortho intramolecular Hbond substituents is 1. The quantitative estimate of drug-likeness (QED) is 0.676. The highest BCUT2D eigenvalue weighted by atomic mass is 16.3. The number of aromatic hydroxyl groups is 1. The van der Waals surface area contributed by atoms with Crippen molar-refractivity contribution in [3.8, 4) is 5.75 Å². The van der Waals surface area contributed by atoms with Crippen LogP contribution in [0.3, 0.4) is 0 Å². The van der Waals surface area contributed by atoms with Crippen molar-refractivity contribution < 1.29 is 10.2 Å². The van der Waals surface area contributed by atoms with E-state index in [0.29, 0.717) is 11.7 Å². The molecule has 2 N–H and O–H groups in total. The number of rotatable bonds is 0. The molecule has 4 rings (SSSR count). The second kappa shape index (κ2) is 6.22. The Morgan fingerprint density at radius 1 is 1.17 bits per heavy atom. The van der Waals surface area contributed by atoms with Crippen molar-refractivity contribution in [2.45, 2.75) is 72.3 Å². The summed E-state index contributed by atoms with van der Waals surface area (Å²) in [5, 5.41) is 20.2. The van der Waals surface area contributed by atoms with Crippen LogP contribution in [0, 0.1) is 16.7 Å². The van der Waals surface area contributed by atoms with E-state index in [4.69, 9.17) is 0 Å². The largest absolute Gasteiger partial charge is 0.508 e. The lowest BCUT2D eigenvalue weighted by molar-refractivity contribution is 0.00214. The van der Waals surface area contributed by atoms with Crippen molar-refractivity contribution in [1.29, 1.82) is 0 Å². The number of hydrogen-bond donors (Lipinski definition) is 2. The standard InChI is InChI=1S/C19H24O2.C3H8/c1-18-9-7-12-11-13(20)3-4-14(12)15(18)8-10-19(2)16(18)5-6-17(19)21;1-3-2/h3-4,8,11,16-17,20-21H,5-7,9-10H2,1-2H3;3H2,1-2H3. The summed E-state index contributed by atoms with van der Waals surface area (Å²) in [5.74, 6) is 0.942. The SMILES string of the molecule is CC12CCc3cc(O)ccc3C1=CCC1(C)C(O)CCC21.CCC. The molecular formula is C22H32O2. The second-order valence-corrected chi connectivity index (χ2v) is 8.44. The van der Waals surface area contributed by atoms with Crippen LogP contribution >= 0.6 is 0 Å². The minimum Gasteiger partial charge on any atom is -0.508 e. The first kappa shape index (κ1) is 17.5. The zero-order valence-corrected chi connectivity index (χ0v) is 15.6. The van der Waals surface area contributed by atoms with Gasteiger partial charge in [0.2, 0.25) is 0 Å². The number of aliphatic hydroxyl groups is 1. The number of aryl methyl sites for hydroxylation is 1. The Hall–Kier alpha value is -1.28. The number of phenols is 1.